The highest BCUT2D eigenvalue weighted by atomic mass is 32.2. The van der Waals surface area contributed by atoms with E-state index in [0.717, 1.165) is 12.5 Å². The molecule has 0 bridgehead atoms. The van der Waals surface area contributed by atoms with Crippen LogP contribution >= 0.6 is 0 Å². The second-order valence-electron chi connectivity index (χ2n) is 8.70. The van der Waals surface area contributed by atoms with E-state index in [1.807, 2.05) is 0 Å². The van der Waals surface area contributed by atoms with Gasteiger partial charge in [-0.25, -0.2) is 40.2 Å². The maximum atomic E-state index is 14.5. The van der Waals surface area contributed by atoms with Gasteiger partial charge in [-0.05, 0) is 29.8 Å². The van der Waals surface area contributed by atoms with Gasteiger partial charge in [0.05, 0.1) is 23.8 Å². The summed E-state index contributed by atoms with van der Waals surface area (Å²) in [7, 11) is -7.96. The second kappa shape index (κ2) is 8.29. The monoisotopic (exact) mass is 551 g/mol. The van der Waals surface area contributed by atoms with Crippen LogP contribution < -0.4 is 0 Å². The highest BCUT2D eigenvalue weighted by Crippen LogP contribution is 2.35. The minimum absolute atomic E-state index is 0.0367. The predicted molar refractivity (Wildman–Crippen MR) is 139 cm³/mol. The lowest BCUT2D eigenvalue weighted by Gasteiger charge is -2.08. The summed E-state index contributed by atoms with van der Waals surface area (Å²) >= 11 is 0. The minimum Gasteiger partial charge on any atom is -0.338 e. The van der Waals surface area contributed by atoms with E-state index >= 15 is 0 Å². The first kappa shape index (κ1) is 23.9. The van der Waals surface area contributed by atoms with Crippen LogP contribution in [0.4, 0.5) is 4.39 Å². The van der Waals surface area contributed by atoms with Gasteiger partial charge in [-0.2, -0.15) is 5.10 Å². The molecule has 5 heterocycles. The summed E-state index contributed by atoms with van der Waals surface area (Å²) in [5.41, 5.74) is 3.39. The molecule has 14 heteroatoms. The van der Waals surface area contributed by atoms with Crippen LogP contribution in [0.15, 0.2) is 66.2 Å². The molecular formula is C24H18FN7O4S2. The number of aromatic amines is 2. The lowest BCUT2D eigenvalue weighted by Crippen LogP contribution is -2.17. The van der Waals surface area contributed by atoms with Crippen molar-refractivity contribution in [2.45, 2.75) is 5.16 Å². The molecule has 0 spiro atoms. The number of imidazole rings is 1. The Morgan fingerprint density at radius 2 is 1.66 bits per heavy atom. The summed E-state index contributed by atoms with van der Waals surface area (Å²) < 4.78 is 64.6. The van der Waals surface area contributed by atoms with E-state index < -0.39 is 25.0 Å². The minimum atomic E-state index is -4.03. The van der Waals surface area contributed by atoms with Crippen molar-refractivity contribution in [2.24, 2.45) is 0 Å². The quantitative estimate of drug-likeness (QED) is 0.330. The molecule has 6 aromatic rings. The first-order valence-electron chi connectivity index (χ1n) is 11.1. The lowest BCUT2D eigenvalue weighted by molar-refractivity contribution is 0.574. The zero-order valence-electron chi connectivity index (χ0n) is 19.8. The van der Waals surface area contributed by atoms with Gasteiger partial charge in [0.25, 0.3) is 0 Å². The molecule has 6 rings (SSSR count). The van der Waals surface area contributed by atoms with Crippen LogP contribution in [0.5, 0.6) is 0 Å². The standard InChI is InChI=1S/C24H18FN7O4S2/c1-37(33,34)24-28-12-20(32(24)38(2,35)36)13-9-17-21(30-31-23(17)27-11-13)19-10-16-14(7-8-26-22(16)29-19)15-5-3-4-6-18(15)25/h3-12H,1-2H3,(H,26,29)(H,27,30,31). The molecule has 0 radical (unpaired) electrons. The molecule has 0 amide bonds. The van der Waals surface area contributed by atoms with Crippen molar-refractivity contribution in [1.29, 1.82) is 0 Å². The molecule has 0 unspecified atom stereocenters. The number of halogens is 1. The number of nitrogens with one attached hydrogen (secondary N) is 2. The highest BCUT2D eigenvalue weighted by molar-refractivity contribution is 7.92. The fourth-order valence-corrected chi connectivity index (χ4v) is 6.70. The van der Waals surface area contributed by atoms with E-state index in [1.165, 1.54) is 18.5 Å². The van der Waals surface area contributed by atoms with Crippen LogP contribution in [0, 0.1) is 5.82 Å². The topological polar surface area (TPSA) is 156 Å². The molecule has 0 fully saturated rings. The molecule has 5 aromatic heterocycles. The third kappa shape index (κ3) is 3.85. The molecule has 38 heavy (non-hydrogen) atoms. The second-order valence-corrected chi connectivity index (χ2v) is 12.4. The zero-order valence-corrected chi connectivity index (χ0v) is 21.5. The van der Waals surface area contributed by atoms with Crippen LogP contribution in [0.3, 0.4) is 0 Å². The summed E-state index contributed by atoms with van der Waals surface area (Å²) in [5.74, 6) is -0.363. The van der Waals surface area contributed by atoms with Crippen molar-refractivity contribution < 1.29 is 21.2 Å². The molecule has 11 nitrogen and oxygen atoms in total. The van der Waals surface area contributed by atoms with Gasteiger partial charge in [-0.3, -0.25) is 5.10 Å². The number of H-pyrrole nitrogens is 2. The van der Waals surface area contributed by atoms with Gasteiger partial charge in [0.1, 0.15) is 17.2 Å². The largest absolute Gasteiger partial charge is 0.338 e. The number of rotatable bonds is 5. The Morgan fingerprint density at radius 1 is 0.868 bits per heavy atom. The van der Waals surface area contributed by atoms with Crippen molar-refractivity contribution in [3.8, 4) is 33.8 Å². The Bertz CT molecular complexity index is 2110. The SMILES string of the molecule is CS(=O)(=O)c1ncc(-c2cnc3[nH]nc(-c4cc5c(-c6ccccc6F)ccnc5[nH]4)c3c2)n1S(C)(=O)=O. The summed E-state index contributed by atoms with van der Waals surface area (Å²) in [6.45, 7) is 0. The van der Waals surface area contributed by atoms with Gasteiger partial charge in [0.15, 0.2) is 5.65 Å². The first-order valence-corrected chi connectivity index (χ1v) is 14.8. The predicted octanol–water partition coefficient (Wildman–Crippen LogP) is 3.38. The van der Waals surface area contributed by atoms with Crippen LogP contribution in [-0.4, -0.2) is 63.5 Å². The van der Waals surface area contributed by atoms with E-state index in [4.69, 9.17) is 0 Å². The Balaban J connectivity index is 1.53. The normalized spacial score (nSPS) is 12.5. The van der Waals surface area contributed by atoms with Crippen molar-refractivity contribution >= 4 is 41.9 Å². The van der Waals surface area contributed by atoms with Gasteiger partial charge in [0, 0.05) is 40.5 Å². The third-order valence-corrected chi connectivity index (χ3v) is 8.12. The van der Waals surface area contributed by atoms with Gasteiger partial charge in [0.2, 0.25) is 25.0 Å². The average molecular weight is 552 g/mol. The Kier molecular flexibility index (Phi) is 5.22. The van der Waals surface area contributed by atoms with Crippen LogP contribution in [0.2, 0.25) is 0 Å². The van der Waals surface area contributed by atoms with Crippen molar-refractivity contribution in [2.75, 3.05) is 12.5 Å². The number of pyridine rings is 2. The van der Waals surface area contributed by atoms with Crippen molar-refractivity contribution in [1.82, 2.24) is 34.1 Å². The average Bonchev–Trinajstić information content (AvgIpc) is 3.59. The van der Waals surface area contributed by atoms with E-state index in [9.17, 15) is 21.2 Å². The number of sulfone groups is 1. The van der Waals surface area contributed by atoms with Crippen molar-refractivity contribution in [3.63, 3.8) is 0 Å². The molecule has 0 saturated heterocycles. The van der Waals surface area contributed by atoms with Gasteiger partial charge in [-0.15, -0.1) is 0 Å². The maximum Gasteiger partial charge on any atom is 0.241 e. The molecule has 0 aliphatic carbocycles. The Hall–Kier alpha value is -4.43. The molecular weight excluding hydrogens is 533 g/mol. The van der Waals surface area contributed by atoms with Crippen LogP contribution in [0.25, 0.3) is 55.8 Å². The van der Waals surface area contributed by atoms with Crippen LogP contribution in [0.1, 0.15) is 0 Å². The zero-order chi connectivity index (χ0) is 26.8. The molecule has 1 aromatic carbocycles. The van der Waals surface area contributed by atoms with Crippen molar-refractivity contribution in [3.05, 3.63) is 66.9 Å². The molecule has 192 valence electrons. The first-order chi connectivity index (χ1) is 18.0. The summed E-state index contributed by atoms with van der Waals surface area (Å²) in [5, 5.41) is 7.84. The number of benzene rings is 1. The molecule has 2 N–H and O–H groups in total. The molecule has 0 aliphatic rings. The highest BCUT2D eigenvalue weighted by Gasteiger charge is 2.26. The van der Waals surface area contributed by atoms with E-state index in [2.05, 4.69) is 30.1 Å². The van der Waals surface area contributed by atoms with E-state index in [-0.39, 0.29) is 11.5 Å². The Morgan fingerprint density at radius 3 is 2.39 bits per heavy atom. The Labute approximate surface area is 215 Å². The molecule has 0 aliphatic heterocycles. The van der Waals surface area contributed by atoms with Gasteiger partial charge >= 0.3 is 0 Å². The van der Waals surface area contributed by atoms with E-state index in [0.29, 0.717) is 54.1 Å². The molecule has 0 saturated carbocycles. The third-order valence-electron chi connectivity index (χ3n) is 6.02. The fourth-order valence-electron chi connectivity index (χ4n) is 4.40. The maximum absolute atomic E-state index is 14.5. The number of fused-ring (bicyclic) bond motifs is 2. The number of nitrogens with zero attached hydrogens (tertiary/aromatic N) is 5. The number of hydrogen-bond acceptors (Lipinski definition) is 8. The molecule has 0 atom stereocenters. The van der Waals surface area contributed by atoms with Gasteiger partial charge < -0.3 is 4.98 Å². The summed E-state index contributed by atoms with van der Waals surface area (Å²) in [4.78, 5) is 15.8. The summed E-state index contributed by atoms with van der Waals surface area (Å²) in [6.07, 6.45) is 5.94. The van der Waals surface area contributed by atoms with E-state index in [1.54, 1.807) is 42.6 Å². The van der Waals surface area contributed by atoms with Gasteiger partial charge in [-0.1, -0.05) is 18.2 Å². The lowest BCUT2D eigenvalue weighted by atomic mass is 10.0. The number of aromatic nitrogens is 7. The summed E-state index contributed by atoms with van der Waals surface area (Å²) in [6, 6.07) is 11.6. The number of hydrogen-bond donors (Lipinski definition) is 2. The van der Waals surface area contributed by atoms with Crippen LogP contribution in [-0.2, 0) is 19.9 Å². The fraction of sp³-hybridized carbons (Fsp3) is 0.0833. The smallest absolute Gasteiger partial charge is 0.241 e.